The number of hydrogen-bond acceptors (Lipinski definition) is 7. The lowest BCUT2D eigenvalue weighted by Crippen LogP contribution is -2.43. The molecule has 3 aromatic carbocycles. The molecule has 9 heteroatoms. The summed E-state index contributed by atoms with van der Waals surface area (Å²) in [5.74, 6) is 0.582. The molecule has 188 valence electrons. The zero-order valence-electron chi connectivity index (χ0n) is 20.4. The maximum absolute atomic E-state index is 15.1. The Morgan fingerprint density at radius 3 is 2.68 bits per heavy atom. The van der Waals surface area contributed by atoms with Crippen LogP contribution in [0, 0.1) is 5.82 Å². The molecule has 1 aliphatic heterocycles. The summed E-state index contributed by atoms with van der Waals surface area (Å²) in [6.45, 7) is 5.62. The van der Waals surface area contributed by atoms with Crippen molar-refractivity contribution >= 4 is 27.4 Å². The summed E-state index contributed by atoms with van der Waals surface area (Å²) in [6, 6.07) is 16.9. The van der Waals surface area contributed by atoms with Crippen molar-refractivity contribution in [3.63, 3.8) is 0 Å². The van der Waals surface area contributed by atoms with Gasteiger partial charge in [-0.15, -0.1) is 10.2 Å². The van der Waals surface area contributed by atoms with E-state index in [9.17, 15) is 4.79 Å². The number of anilines is 1. The van der Waals surface area contributed by atoms with Gasteiger partial charge in [0.15, 0.2) is 6.61 Å². The average Bonchev–Trinajstić information content (AvgIpc) is 3.41. The van der Waals surface area contributed by atoms with Crippen LogP contribution in [0.4, 0.5) is 10.1 Å². The van der Waals surface area contributed by atoms with Gasteiger partial charge in [0.05, 0.1) is 11.2 Å². The Hall–Kier alpha value is -4.24. The number of hydrogen-bond donors (Lipinski definition) is 1. The maximum atomic E-state index is 15.1. The van der Waals surface area contributed by atoms with Crippen LogP contribution < -0.4 is 20.4 Å². The summed E-state index contributed by atoms with van der Waals surface area (Å²) < 4.78 is 28.7. The molecule has 1 fully saturated rings. The number of aromatic nitrogens is 3. The van der Waals surface area contributed by atoms with Gasteiger partial charge < -0.3 is 23.9 Å². The fraction of sp³-hybridized carbons (Fsp3) is 0.250. The van der Waals surface area contributed by atoms with Crippen LogP contribution in [0.25, 0.3) is 33.1 Å². The number of nitrogens with zero attached hydrogens (tertiary/aromatic N) is 4. The monoisotopic (exact) mass is 499 g/mol. The van der Waals surface area contributed by atoms with E-state index in [-0.39, 0.29) is 34.8 Å². The Labute approximate surface area is 212 Å². The van der Waals surface area contributed by atoms with Crippen LogP contribution >= 0.6 is 0 Å². The first-order valence-electron chi connectivity index (χ1n) is 12.4. The number of pyridine rings is 1. The standard InChI is InChI=1S/C28H26FN5O3/c1-2-33-16-22(27(35)21-14-23(29)25(15-24(21)33)34-11-9-30-10-12-34)28-32-31-26(37-28)17-36-20-8-7-18-5-3-4-6-19(18)13-20/h3-8,13-16,30H,2,9-12,17H2,1H3. The molecule has 37 heavy (non-hydrogen) atoms. The Morgan fingerprint density at radius 2 is 1.86 bits per heavy atom. The number of piperazine rings is 1. The summed E-state index contributed by atoms with van der Waals surface area (Å²) in [4.78, 5) is 15.4. The van der Waals surface area contributed by atoms with Crippen molar-refractivity contribution in [3.05, 3.63) is 82.7 Å². The molecule has 1 N–H and O–H groups in total. The molecule has 0 spiro atoms. The van der Waals surface area contributed by atoms with Crippen LogP contribution in [0.15, 0.2) is 70.0 Å². The highest BCUT2D eigenvalue weighted by atomic mass is 19.1. The Kier molecular flexibility index (Phi) is 6.05. The zero-order chi connectivity index (χ0) is 25.4. The number of ether oxygens (including phenoxy) is 1. The van der Waals surface area contributed by atoms with Gasteiger partial charge in [-0.3, -0.25) is 4.79 Å². The maximum Gasteiger partial charge on any atom is 0.254 e. The lowest BCUT2D eigenvalue weighted by atomic mass is 10.1. The lowest BCUT2D eigenvalue weighted by Gasteiger charge is -2.30. The smallest absolute Gasteiger partial charge is 0.254 e. The number of aryl methyl sites for hydroxylation is 1. The largest absolute Gasteiger partial charge is 0.484 e. The number of nitrogens with one attached hydrogen (secondary N) is 1. The predicted molar refractivity (Wildman–Crippen MR) is 140 cm³/mol. The van der Waals surface area contributed by atoms with Gasteiger partial charge in [-0.1, -0.05) is 30.3 Å². The van der Waals surface area contributed by atoms with Crippen molar-refractivity contribution in [1.82, 2.24) is 20.1 Å². The van der Waals surface area contributed by atoms with Crippen LogP contribution in [0.5, 0.6) is 5.75 Å². The first-order valence-corrected chi connectivity index (χ1v) is 12.4. The third-order valence-corrected chi connectivity index (χ3v) is 6.73. The van der Waals surface area contributed by atoms with Crippen molar-refractivity contribution in [3.8, 4) is 17.2 Å². The zero-order valence-corrected chi connectivity index (χ0v) is 20.4. The molecule has 0 saturated carbocycles. The molecular formula is C28H26FN5O3. The minimum atomic E-state index is -0.415. The molecule has 6 rings (SSSR count). The topological polar surface area (TPSA) is 85.4 Å². The van der Waals surface area contributed by atoms with E-state index in [2.05, 4.69) is 15.5 Å². The third-order valence-electron chi connectivity index (χ3n) is 6.73. The molecule has 0 radical (unpaired) electrons. The van der Waals surface area contributed by atoms with Crippen molar-refractivity contribution in [2.45, 2.75) is 20.1 Å². The van der Waals surface area contributed by atoms with E-state index in [0.29, 0.717) is 36.6 Å². The van der Waals surface area contributed by atoms with E-state index in [1.165, 1.54) is 6.07 Å². The molecule has 0 bridgehead atoms. The molecular weight excluding hydrogens is 473 g/mol. The number of rotatable bonds is 6. The fourth-order valence-electron chi connectivity index (χ4n) is 4.78. The predicted octanol–water partition coefficient (Wildman–Crippen LogP) is 4.35. The summed E-state index contributed by atoms with van der Waals surface area (Å²) in [7, 11) is 0. The van der Waals surface area contributed by atoms with Crippen LogP contribution in [0.2, 0.25) is 0 Å². The van der Waals surface area contributed by atoms with Gasteiger partial charge in [0.2, 0.25) is 5.43 Å². The average molecular weight is 500 g/mol. The Balaban J connectivity index is 1.30. The number of halogens is 1. The van der Waals surface area contributed by atoms with Gasteiger partial charge in [0.1, 0.15) is 17.1 Å². The molecule has 3 heterocycles. The molecule has 1 saturated heterocycles. The molecule has 5 aromatic rings. The highest BCUT2D eigenvalue weighted by Crippen LogP contribution is 2.28. The highest BCUT2D eigenvalue weighted by molar-refractivity contribution is 5.86. The van der Waals surface area contributed by atoms with Gasteiger partial charge in [-0.2, -0.15) is 0 Å². The number of benzene rings is 3. The summed E-state index contributed by atoms with van der Waals surface area (Å²) in [6.07, 6.45) is 1.70. The van der Waals surface area contributed by atoms with Crippen molar-refractivity contribution in [2.75, 3.05) is 31.1 Å². The van der Waals surface area contributed by atoms with Crippen molar-refractivity contribution in [2.24, 2.45) is 0 Å². The lowest BCUT2D eigenvalue weighted by molar-refractivity contribution is 0.265. The second-order valence-corrected chi connectivity index (χ2v) is 9.01. The normalized spacial score (nSPS) is 13.9. The first-order chi connectivity index (χ1) is 18.1. The van der Waals surface area contributed by atoms with Gasteiger partial charge in [0, 0.05) is 44.3 Å². The first kappa shape index (κ1) is 23.2. The quantitative estimate of drug-likeness (QED) is 0.372. The minimum Gasteiger partial charge on any atom is -0.484 e. The van der Waals surface area contributed by atoms with Crippen molar-refractivity contribution < 1.29 is 13.5 Å². The number of fused-ring (bicyclic) bond motifs is 2. The molecule has 2 aromatic heterocycles. The minimum absolute atomic E-state index is 0.0591. The summed E-state index contributed by atoms with van der Waals surface area (Å²) in [5, 5.41) is 13.9. The van der Waals surface area contributed by atoms with Crippen LogP contribution in [0.1, 0.15) is 12.8 Å². The highest BCUT2D eigenvalue weighted by Gasteiger charge is 2.21. The van der Waals surface area contributed by atoms with Crippen LogP contribution in [0.3, 0.4) is 0 Å². The van der Waals surface area contributed by atoms with E-state index < -0.39 is 5.82 Å². The molecule has 0 unspecified atom stereocenters. The van der Waals surface area contributed by atoms with Crippen LogP contribution in [-0.4, -0.2) is 40.9 Å². The SMILES string of the molecule is CCn1cc(-c2nnc(COc3ccc4ccccc4c3)o2)c(=O)c2cc(F)c(N3CCNCC3)cc21. The summed E-state index contributed by atoms with van der Waals surface area (Å²) in [5.41, 5.74) is 1.06. The summed E-state index contributed by atoms with van der Waals surface area (Å²) >= 11 is 0. The van der Waals surface area contributed by atoms with Crippen LogP contribution in [-0.2, 0) is 13.2 Å². The van der Waals surface area contributed by atoms with E-state index in [1.807, 2.05) is 58.9 Å². The van der Waals surface area contributed by atoms with Gasteiger partial charge in [-0.25, -0.2) is 4.39 Å². The molecule has 0 aliphatic carbocycles. The Morgan fingerprint density at radius 1 is 1.05 bits per heavy atom. The second-order valence-electron chi connectivity index (χ2n) is 9.01. The molecule has 1 aliphatic rings. The fourth-order valence-corrected chi connectivity index (χ4v) is 4.78. The van der Waals surface area contributed by atoms with E-state index in [1.54, 1.807) is 12.3 Å². The van der Waals surface area contributed by atoms with Gasteiger partial charge >= 0.3 is 0 Å². The van der Waals surface area contributed by atoms with E-state index in [0.717, 1.165) is 23.9 Å². The molecule has 0 atom stereocenters. The molecule has 0 amide bonds. The third kappa shape index (κ3) is 4.42. The van der Waals surface area contributed by atoms with Gasteiger partial charge in [0.25, 0.3) is 11.8 Å². The Bertz CT molecular complexity index is 1660. The van der Waals surface area contributed by atoms with E-state index in [4.69, 9.17) is 9.15 Å². The second kappa shape index (κ2) is 9.67. The van der Waals surface area contributed by atoms with E-state index >= 15 is 4.39 Å². The molecule has 8 nitrogen and oxygen atoms in total. The van der Waals surface area contributed by atoms with Gasteiger partial charge in [-0.05, 0) is 42.0 Å². The van der Waals surface area contributed by atoms with Crippen molar-refractivity contribution in [1.29, 1.82) is 0 Å².